The maximum absolute atomic E-state index is 14.2. The first-order valence-electron chi connectivity index (χ1n) is 17.1. The second-order valence-corrected chi connectivity index (χ2v) is 14.1. The van der Waals surface area contributed by atoms with Crippen LogP contribution in [0.5, 0.6) is 11.5 Å². The van der Waals surface area contributed by atoms with E-state index in [0.717, 1.165) is 34.9 Å². The molecule has 1 fully saturated rings. The lowest BCUT2D eigenvalue weighted by atomic mass is 9.75. The Balaban J connectivity index is 1.18. The van der Waals surface area contributed by atoms with E-state index in [1.807, 2.05) is 45.0 Å². The van der Waals surface area contributed by atoms with Gasteiger partial charge in [0.05, 0.1) is 42.2 Å². The Labute approximate surface area is 282 Å². The predicted molar refractivity (Wildman–Crippen MR) is 187 cm³/mol. The number of methoxy groups -OCH3 is 1. The highest BCUT2D eigenvalue weighted by Crippen LogP contribution is 2.49. The van der Waals surface area contributed by atoms with Gasteiger partial charge in [0.15, 0.2) is 0 Å². The molecule has 9 nitrogen and oxygen atoms in total. The van der Waals surface area contributed by atoms with Gasteiger partial charge in [-0.2, -0.15) is 0 Å². The SMILES string of the molecule is CNC(=O)c1ccc(-c2cnc(C(C)(C)NC(=O)C3(C)C=Cc4c(C5CCCCC5)c5n(c4C3)CCOc3cc(OC)ccc3-5)[nH]2)cc1. The van der Waals surface area contributed by atoms with E-state index in [-0.39, 0.29) is 11.8 Å². The van der Waals surface area contributed by atoms with Crippen molar-refractivity contribution >= 4 is 17.9 Å². The number of amides is 2. The minimum absolute atomic E-state index is 0.0490. The molecule has 1 unspecified atom stereocenters. The first-order chi connectivity index (χ1) is 23.1. The number of H-pyrrole nitrogens is 1. The summed E-state index contributed by atoms with van der Waals surface area (Å²) in [6, 6.07) is 13.5. The summed E-state index contributed by atoms with van der Waals surface area (Å²) in [5, 5.41) is 5.96. The van der Waals surface area contributed by atoms with Crippen molar-refractivity contribution in [1.82, 2.24) is 25.2 Å². The number of nitrogens with zero attached hydrogens (tertiary/aromatic N) is 2. The lowest BCUT2D eigenvalue weighted by Crippen LogP contribution is -2.49. The van der Waals surface area contributed by atoms with E-state index in [4.69, 9.17) is 9.47 Å². The smallest absolute Gasteiger partial charge is 0.251 e. The molecule has 9 heteroatoms. The van der Waals surface area contributed by atoms with E-state index in [2.05, 4.69) is 43.4 Å². The molecule has 1 atom stereocenters. The monoisotopic (exact) mass is 647 g/mol. The minimum atomic E-state index is -0.760. The average Bonchev–Trinajstić information content (AvgIpc) is 3.67. The van der Waals surface area contributed by atoms with Crippen molar-refractivity contribution < 1.29 is 19.1 Å². The summed E-state index contributed by atoms with van der Waals surface area (Å²) in [4.78, 5) is 34.3. The largest absolute Gasteiger partial charge is 0.497 e. The fourth-order valence-electron chi connectivity index (χ4n) is 7.67. The van der Waals surface area contributed by atoms with Crippen LogP contribution >= 0.6 is 0 Å². The molecule has 0 spiro atoms. The molecule has 2 aromatic heterocycles. The number of benzene rings is 2. The van der Waals surface area contributed by atoms with Crippen LogP contribution in [0.1, 0.15) is 91.8 Å². The van der Waals surface area contributed by atoms with Crippen molar-refractivity contribution in [2.24, 2.45) is 5.41 Å². The van der Waals surface area contributed by atoms with E-state index in [0.29, 0.717) is 30.3 Å². The summed E-state index contributed by atoms with van der Waals surface area (Å²) in [6.45, 7) is 7.24. The second-order valence-electron chi connectivity index (χ2n) is 14.1. The average molecular weight is 648 g/mol. The van der Waals surface area contributed by atoms with Crippen molar-refractivity contribution in [3.8, 4) is 34.0 Å². The summed E-state index contributed by atoms with van der Waals surface area (Å²) in [5.74, 6) is 2.59. The van der Waals surface area contributed by atoms with Gasteiger partial charge in [0.1, 0.15) is 23.9 Å². The number of rotatable bonds is 7. The number of aromatic amines is 1. The Morgan fingerprint density at radius 2 is 1.88 bits per heavy atom. The van der Waals surface area contributed by atoms with Crippen LogP contribution in [0, 0.1) is 5.41 Å². The summed E-state index contributed by atoms with van der Waals surface area (Å²) in [6.07, 6.45) is 12.8. The molecule has 2 amide bonds. The van der Waals surface area contributed by atoms with Gasteiger partial charge in [-0.3, -0.25) is 9.59 Å². The maximum Gasteiger partial charge on any atom is 0.251 e. The van der Waals surface area contributed by atoms with Crippen LogP contribution in [0.4, 0.5) is 0 Å². The number of fused-ring (bicyclic) bond motifs is 5. The van der Waals surface area contributed by atoms with E-state index < -0.39 is 11.0 Å². The number of hydrogen-bond acceptors (Lipinski definition) is 5. The standard InChI is InChI=1S/C39H45N5O4/c1-38(2,36-41-23-30(42-36)24-11-13-26(14-12-24)35(45)40-4)43-37(46)39(3)18-17-28-31(22-39)44-19-20-48-32-21-27(47-5)15-16-29(32)34(44)33(28)25-9-7-6-8-10-25/h11-18,21,23,25H,6-10,19-20,22H2,1-5H3,(H,40,45)(H,41,42)(H,43,46). The van der Waals surface area contributed by atoms with Gasteiger partial charge < -0.3 is 29.7 Å². The highest BCUT2D eigenvalue weighted by atomic mass is 16.5. The molecule has 4 aromatic rings. The number of hydrogen-bond donors (Lipinski definition) is 3. The van der Waals surface area contributed by atoms with E-state index in [1.54, 1.807) is 32.5 Å². The van der Waals surface area contributed by atoms with Gasteiger partial charge in [0.2, 0.25) is 5.91 Å². The molecule has 1 saturated carbocycles. The Kier molecular flexibility index (Phi) is 8.17. The molecule has 0 radical (unpaired) electrons. The summed E-state index contributed by atoms with van der Waals surface area (Å²) in [5.41, 5.74) is 7.03. The van der Waals surface area contributed by atoms with Crippen LogP contribution < -0.4 is 20.1 Å². The molecule has 2 aromatic carbocycles. The van der Waals surface area contributed by atoms with Crippen molar-refractivity contribution in [2.45, 2.75) is 77.3 Å². The highest BCUT2D eigenvalue weighted by Gasteiger charge is 2.42. The van der Waals surface area contributed by atoms with Crippen molar-refractivity contribution in [3.05, 3.63) is 82.9 Å². The molecule has 250 valence electrons. The molecule has 1 aliphatic heterocycles. The number of imidazole rings is 1. The van der Waals surface area contributed by atoms with Gasteiger partial charge in [0.25, 0.3) is 5.91 Å². The van der Waals surface area contributed by atoms with Crippen LogP contribution in [-0.4, -0.2) is 47.1 Å². The lowest BCUT2D eigenvalue weighted by Gasteiger charge is -2.34. The second kappa shape index (κ2) is 12.3. The van der Waals surface area contributed by atoms with Gasteiger partial charge in [0, 0.05) is 36.4 Å². The molecule has 3 aliphatic rings. The van der Waals surface area contributed by atoms with E-state index in [1.165, 1.54) is 54.6 Å². The molecule has 3 heterocycles. The minimum Gasteiger partial charge on any atom is -0.497 e. The Hall–Kier alpha value is -4.79. The molecule has 0 bridgehead atoms. The predicted octanol–water partition coefficient (Wildman–Crippen LogP) is 6.98. The highest BCUT2D eigenvalue weighted by molar-refractivity contribution is 5.94. The zero-order valence-electron chi connectivity index (χ0n) is 28.5. The van der Waals surface area contributed by atoms with Gasteiger partial charge in [-0.25, -0.2) is 4.98 Å². The maximum atomic E-state index is 14.2. The zero-order valence-corrected chi connectivity index (χ0v) is 28.5. The van der Waals surface area contributed by atoms with Gasteiger partial charge in [-0.15, -0.1) is 0 Å². The molecule has 0 saturated heterocycles. The van der Waals surface area contributed by atoms with E-state index >= 15 is 0 Å². The molecular formula is C39H45N5O4. The first-order valence-corrected chi connectivity index (χ1v) is 17.1. The molecule has 2 aliphatic carbocycles. The Morgan fingerprint density at radius 3 is 2.60 bits per heavy atom. The van der Waals surface area contributed by atoms with Crippen LogP contribution in [-0.2, 0) is 23.3 Å². The van der Waals surface area contributed by atoms with Crippen LogP contribution in [0.2, 0.25) is 0 Å². The Bertz CT molecular complexity index is 1890. The summed E-state index contributed by atoms with van der Waals surface area (Å²) < 4.78 is 14.3. The summed E-state index contributed by atoms with van der Waals surface area (Å²) >= 11 is 0. The number of carbonyl (C=O) groups excluding carboxylic acids is 2. The van der Waals surface area contributed by atoms with E-state index in [9.17, 15) is 9.59 Å². The number of carbonyl (C=O) groups is 2. The third-order valence-corrected chi connectivity index (χ3v) is 10.4. The molecule has 3 N–H and O–H groups in total. The van der Waals surface area contributed by atoms with Gasteiger partial charge in [-0.1, -0.05) is 43.5 Å². The number of nitrogens with one attached hydrogen (secondary N) is 3. The molecule has 7 rings (SSSR count). The van der Waals surface area contributed by atoms with Crippen LogP contribution in [0.25, 0.3) is 28.6 Å². The van der Waals surface area contributed by atoms with Crippen molar-refractivity contribution in [3.63, 3.8) is 0 Å². The van der Waals surface area contributed by atoms with Crippen molar-refractivity contribution in [2.75, 3.05) is 20.8 Å². The summed E-state index contributed by atoms with van der Waals surface area (Å²) in [7, 11) is 3.30. The van der Waals surface area contributed by atoms with Crippen LogP contribution in [0.3, 0.4) is 0 Å². The van der Waals surface area contributed by atoms with Gasteiger partial charge in [-0.05, 0) is 80.5 Å². The third-order valence-electron chi connectivity index (χ3n) is 10.4. The quantitative estimate of drug-likeness (QED) is 0.201. The van der Waals surface area contributed by atoms with Gasteiger partial charge >= 0.3 is 0 Å². The third kappa shape index (κ3) is 5.59. The normalized spacial score (nSPS) is 18.9. The fourth-order valence-corrected chi connectivity index (χ4v) is 7.67. The zero-order chi connectivity index (χ0) is 33.6. The fraction of sp³-hybridized carbons (Fsp3) is 0.410. The van der Waals surface area contributed by atoms with Crippen LogP contribution in [0.15, 0.2) is 54.7 Å². The number of ether oxygens (including phenoxy) is 2. The molecular weight excluding hydrogens is 602 g/mol. The van der Waals surface area contributed by atoms with Crippen molar-refractivity contribution in [1.29, 1.82) is 0 Å². The Morgan fingerprint density at radius 1 is 1.10 bits per heavy atom. The molecule has 48 heavy (non-hydrogen) atoms. The lowest BCUT2D eigenvalue weighted by molar-refractivity contribution is -0.129. The number of aromatic nitrogens is 3. The topological polar surface area (TPSA) is 110 Å². The first kappa shape index (κ1) is 31.8.